The van der Waals surface area contributed by atoms with Crippen molar-refractivity contribution >= 4 is 17.5 Å². The zero-order valence-electron chi connectivity index (χ0n) is 11.8. The maximum Gasteiger partial charge on any atom is 0.339 e. The minimum Gasteiger partial charge on any atom is -0.478 e. The number of hydrogen-bond donors (Lipinski definition) is 1. The van der Waals surface area contributed by atoms with E-state index in [-0.39, 0.29) is 11.4 Å². The van der Waals surface area contributed by atoms with Crippen LogP contribution in [-0.4, -0.2) is 22.6 Å². The third kappa shape index (κ3) is 3.56. The van der Waals surface area contributed by atoms with Gasteiger partial charge in [0.2, 0.25) is 0 Å². The van der Waals surface area contributed by atoms with Crippen LogP contribution in [0.4, 0.5) is 15.9 Å². The molecule has 0 saturated carbocycles. The molecule has 0 saturated heterocycles. The van der Waals surface area contributed by atoms with E-state index in [1.807, 2.05) is 35.2 Å². The predicted molar refractivity (Wildman–Crippen MR) is 79.5 cm³/mol. The molecule has 1 aromatic carbocycles. The SMILES string of the molecule is CCCCN(c1ccccc1)c1ncc(F)cc1C(=O)O. The van der Waals surface area contributed by atoms with Gasteiger partial charge < -0.3 is 10.0 Å². The van der Waals surface area contributed by atoms with Crippen LogP contribution in [0.5, 0.6) is 0 Å². The van der Waals surface area contributed by atoms with E-state index in [9.17, 15) is 14.3 Å². The summed E-state index contributed by atoms with van der Waals surface area (Å²) in [5.41, 5.74) is 0.711. The Balaban J connectivity index is 2.48. The molecule has 0 aliphatic rings. The molecule has 2 aromatic rings. The van der Waals surface area contributed by atoms with E-state index >= 15 is 0 Å². The molecule has 0 radical (unpaired) electrons. The van der Waals surface area contributed by atoms with Gasteiger partial charge >= 0.3 is 5.97 Å². The molecule has 0 bridgehead atoms. The Kier molecular flexibility index (Phi) is 4.87. The fourth-order valence-corrected chi connectivity index (χ4v) is 2.09. The Labute approximate surface area is 122 Å². The zero-order chi connectivity index (χ0) is 15.2. The Morgan fingerprint density at radius 2 is 2.05 bits per heavy atom. The smallest absolute Gasteiger partial charge is 0.339 e. The van der Waals surface area contributed by atoms with Gasteiger partial charge in [0, 0.05) is 12.2 Å². The van der Waals surface area contributed by atoms with Crippen molar-refractivity contribution in [1.82, 2.24) is 4.98 Å². The first-order valence-corrected chi connectivity index (χ1v) is 6.85. The number of unbranched alkanes of at least 4 members (excludes halogenated alkanes) is 1. The topological polar surface area (TPSA) is 53.4 Å². The van der Waals surface area contributed by atoms with Crippen LogP contribution in [0.3, 0.4) is 0 Å². The second kappa shape index (κ2) is 6.83. The van der Waals surface area contributed by atoms with Crippen molar-refractivity contribution in [2.75, 3.05) is 11.4 Å². The number of carbonyl (C=O) groups is 1. The summed E-state index contributed by atoms with van der Waals surface area (Å²) in [7, 11) is 0. The lowest BCUT2D eigenvalue weighted by molar-refractivity contribution is 0.0696. The first-order valence-electron chi connectivity index (χ1n) is 6.85. The number of nitrogens with zero attached hydrogens (tertiary/aromatic N) is 2. The summed E-state index contributed by atoms with van der Waals surface area (Å²) in [6.45, 7) is 2.68. The molecule has 0 aliphatic carbocycles. The highest BCUT2D eigenvalue weighted by atomic mass is 19.1. The largest absolute Gasteiger partial charge is 0.478 e. The highest BCUT2D eigenvalue weighted by molar-refractivity contribution is 5.94. The Hall–Kier alpha value is -2.43. The molecule has 0 atom stereocenters. The lowest BCUT2D eigenvalue weighted by atomic mass is 10.2. The second-order valence-electron chi connectivity index (χ2n) is 4.67. The number of rotatable bonds is 6. The van der Waals surface area contributed by atoms with Gasteiger partial charge in [-0.2, -0.15) is 0 Å². The molecule has 1 aromatic heterocycles. The van der Waals surface area contributed by atoms with E-state index in [1.165, 1.54) is 0 Å². The monoisotopic (exact) mass is 288 g/mol. The van der Waals surface area contributed by atoms with Gasteiger partial charge in [-0.15, -0.1) is 0 Å². The van der Waals surface area contributed by atoms with Crippen LogP contribution in [0.25, 0.3) is 0 Å². The van der Waals surface area contributed by atoms with E-state index in [1.54, 1.807) is 0 Å². The third-order valence-electron chi connectivity index (χ3n) is 3.12. The van der Waals surface area contributed by atoms with Crippen LogP contribution in [0.15, 0.2) is 42.6 Å². The average molecular weight is 288 g/mol. The summed E-state index contributed by atoms with van der Waals surface area (Å²) < 4.78 is 13.3. The van der Waals surface area contributed by atoms with Crippen molar-refractivity contribution in [1.29, 1.82) is 0 Å². The zero-order valence-corrected chi connectivity index (χ0v) is 11.8. The lowest BCUT2D eigenvalue weighted by Gasteiger charge is -2.25. The minimum atomic E-state index is -1.19. The van der Waals surface area contributed by atoms with Crippen LogP contribution in [0, 0.1) is 5.82 Å². The van der Waals surface area contributed by atoms with Gasteiger partial charge in [0.1, 0.15) is 17.2 Å². The normalized spacial score (nSPS) is 10.4. The molecule has 1 N–H and O–H groups in total. The fourth-order valence-electron chi connectivity index (χ4n) is 2.09. The molecule has 0 spiro atoms. The maximum absolute atomic E-state index is 13.3. The van der Waals surface area contributed by atoms with Crippen molar-refractivity contribution in [3.8, 4) is 0 Å². The number of benzene rings is 1. The number of carboxylic acid groups (broad SMARTS) is 1. The summed E-state index contributed by atoms with van der Waals surface area (Å²) in [6, 6.07) is 10.4. The van der Waals surface area contributed by atoms with Gasteiger partial charge in [-0.25, -0.2) is 14.2 Å². The van der Waals surface area contributed by atoms with Gasteiger partial charge in [0.05, 0.1) is 6.20 Å². The third-order valence-corrected chi connectivity index (χ3v) is 3.12. The summed E-state index contributed by atoms with van der Waals surface area (Å²) in [5.74, 6) is -1.57. The second-order valence-corrected chi connectivity index (χ2v) is 4.67. The van der Waals surface area contributed by atoms with Gasteiger partial charge in [-0.3, -0.25) is 0 Å². The molecule has 0 unspecified atom stereocenters. The number of pyridine rings is 1. The first-order chi connectivity index (χ1) is 10.1. The maximum atomic E-state index is 13.3. The number of anilines is 2. The van der Waals surface area contributed by atoms with Crippen LogP contribution in [0.2, 0.25) is 0 Å². The minimum absolute atomic E-state index is 0.130. The van der Waals surface area contributed by atoms with E-state index < -0.39 is 11.8 Å². The molecule has 4 nitrogen and oxygen atoms in total. The number of para-hydroxylation sites is 1. The molecule has 0 fully saturated rings. The summed E-state index contributed by atoms with van der Waals surface area (Å²) in [5, 5.41) is 9.28. The lowest BCUT2D eigenvalue weighted by Crippen LogP contribution is -2.22. The molecular weight excluding hydrogens is 271 g/mol. The number of halogens is 1. The van der Waals surface area contributed by atoms with Gasteiger partial charge in [0.25, 0.3) is 0 Å². The molecule has 21 heavy (non-hydrogen) atoms. The van der Waals surface area contributed by atoms with Crippen LogP contribution in [-0.2, 0) is 0 Å². The van der Waals surface area contributed by atoms with E-state index in [0.29, 0.717) is 6.54 Å². The summed E-state index contributed by atoms with van der Waals surface area (Å²) >= 11 is 0. The Morgan fingerprint density at radius 1 is 1.33 bits per heavy atom. The van der Waals surface area contributed by atoms with Crippen molar-refractivity contribution in [2.24, 2.45) is 0 Å². The van der Waals surface area contributed by atoms with Crippen molar-refractivity contribution < 1.29 is 14.3 Å². The number of hydrogen-bond acceptors (Lipinski definition) is 3. The number of aromatic carboxylic acids is 1. The Morgan fingerprint density at radius 3 is 2.67 bits per heavy atom. The van der Waals surface area contributed by atoms with Gasteiger partial charge in [-0.1, -0.05) is 31.5 Å². The van der Waals surface area contributed by atoms with E-state index in [2.05, 4.69) is 11.9 Å². The van der Waals surface area contributed by atoms with Crippen LogP contribution >= 0.6 is 0 Å². The highest BCUT2D eigenvalue weighted by Gasteiger charge is 2.19. The van der Waals surface area contributed by atoms with Gasteiger partial charge in [0.15, 0.2) is 0 Å². The van der Waals surface area contributed by atoms with Crippen LogP contribution in [0.1, 0.15) is 30.1 Å². The molecular formula is C16H17FN2O2. The van der Waals surface area contributed by atoms with Gasteiger partial charge in [-0.05, 0) is 24.6 Å². The summed E-state index contributed by atoms with van der Waals surface area (Å²) in [4.78, 5) is 17.2. The molecule has 0 aliphatic heterocycles. The van der Waals surface area contributed by atoms with Crippen molar-refractivity contribution in [2.45, 2.75) is 19.8 Å². The standard InChI is InChI=1S/C16H17FN2O2/c1-2-3-9-19(13-7-5-4-6-8-13)15-14(16(20)21)10-12(17)11-18-15/h4-8,10-11H,2-3,9H2,1H3,(H,20,21). The molecule has 0 amide bonds. The molecule has 1 heterocycles. The number of carboxylic acids is 1. The fraction of sp³-hybridized carbons (Fsp3) is 0.250. The van der Waals surface area contributed by atoms with Crippen molar-refractivity contribution in [3.63, 3.8) is 0 Å². The van der Waals surface area contributed by atoms with E-state index in [0.717, 1.165) is 30.8 Å². The molecule has 110 valence electrons. The Bertz CT molecular complexity index is 617. The van der Waals surface area contributed by atoms with E-state index in [4.69, 9.17) is 0 Å². The van der Waals surface area contributed by atoms with Crippen molar-refractivity contribution in [3.05, 3.63) is 54.0 Å². The summed E-state index contributed by atoms with van der Waals surface area (Å²) in [6.07, 6.45) is 2.89. The predicted octanol–water partition coefficient (Wildman–Crippen LogP) is 3.86. The number of aromatic nitrogens is 1. The molecule has 5 heteroatoms. The highest BCUT2D eigenvalue weighted by Crippen LogP contribution is 2.27. The first kappa shape index (κ1) is 15.0. The van der Waals surface area contributed by atoms with Crippen LogP contribution < -0.4 is 4.90 Å². The molecule has 2 rings (SSSR count). The average Bonchev–Trinajstić information content (AvgIpc) is 2.49. The quantitative estimate of drug-likeness (QED) is 0.877.